The number of hydrogen-bond donors (Lipinski definition) is 1. The number of amides is 1. The smallest absolute Gasteiger partial charge is 0.257 e. The number of benzene rings is 1. The molecule has 1 aromatic rings. The molecule has 138 valence electrons. The van der Waals surface area contributed by atoms with E-state index in [9.17, 15) is 9.59 Å². The Bertz CT molecular complexity index is 535. The summed E-state index contributed by atoms with van der Waals surface area (Å²) in [6, 6.07) is 6.88. The minimum atomic E-state index is -0.147. The summed E-state index contributed by atoms with van der Waals surface area (Å²) in [4.78, 5) is 23.3. The molecule has 2 rings (SSSR count). The van der Waals surface area contributed by atoms with Crippen LogP contribution in [0.3, 0.4) is 0 Å². The molecule has 1 aliphatic carbocycles. The summed E-state index contributed by atoms with van der Waals surface area (Å²) in [5.41, 5.74) is 0.664. The van der Waals surface area contributed by atoms with E-state index in [0.717, 1.165) is 6.42 Å². The highest BCUT2D eigenvalue weighted by atomic mass is 16.5. The molecule has 1 N–H and O–H groups in total. The maximum Gasteiger partial charge on any atom is 0.257 e. The van der Waals surface area contributed by atoms with Crippen LogP contribution >= 0.6 is 0 Å². The minimum absolute atomic E-state index is 0.0233. The van der Waals surface area contributed by atoms with Gasteiger partial charge < -0.3 is 14.8 Å². The van der Waals surface area contributed by atoms with Crippen LogP contribution in [0.25, 0.3) is 0 Å². The van der Waals surface area contributed by atoms with Crippen molar-refractivity contribution >= 4 is 11.7 Å². The van der Waals surface area contributed by atoms with Gasteiger partial charge in [-0.3, -0.25) is 9.59 Å². The third kappa shape index (κ3) is 7.26. The van der Waals surface area contributed by atoms with Gasteiger partial charge in [0.25, 0.3) is 5.91 Å². The lowest BCUT2D eigenvalue weighted by Gasteiger charge is -2.21. The van der Waals surface area contributed by atoms with Crippen molar-refractivity contribution in [2.75, 3.05) is 19.8 Å². The largest absolute Gasteiger partial charge is 0.484 e. The second kappa shape index (κ2) is 10.9. The third-order valence-electron chi connectivity index (χ3n) is 4.42. The van der Waals surface area contributed by atoms with Crippen LogP contribution in [0.15, 0.2) is 24.3 Å². The van der Waals surface area contributed by atoms with E-state index in [2.05, 4.69) is 5.32 Å². The molecule has 1 amide bonds. The Kier molecular flexibility index (Phi) is 8.46. The van der Waals surface area contributed by atoms with Crippen LogP contribution < -0.4 is 10.1 Å². The molecule has 1 saturated carbocycles. The van der Waals surface area contributed by atoms with Gasteiger partial charge in [-0.05, 0) is 43.5 Å². The van der Waals surface area contributed by atoms with Crippen LogP contribution in [0.4, 0.5) is 0 Å². The summed E-state index contributed by atoms with van der Waals surface area (Å²) < 4.78 is 11.3. The van der Waals surface area contributed by atoms with Gasteiger partial charge in [-0.15, -0.1) is 0 Å². The highest BCUT2D eigenvalue weighted by Crippen LogP contribution is 2.20. The highest BCUT2D eigenvalue weighted by Gasteiger charge is 2.13. The Balaban J connectivity index is 1.55. The molecule has 0 heterocycles. The Labute approximate surface area is 150 Å². The number of carbonyl (C=O) groups excluding carboxylic acids is 2. The van der Waals surface area contributed by atoms with E-state index in [1.807, 2.05) is 6.92 Å². The van der Waals surface area contributed by atoms with Gasteiger partial charge in [0.1, 0.15) is 5.75 Å². The van der Waals surface area contributed by atoms with E-state index in [4.69, 9.17) is 9.47 Å². The van der Waals surface area contributed by atoms with E-state index >= 15 is 0 Å². The standard InChI is InChI=1S/C20H29NO4/c1-2-19(22)16-9-11-18(12-10-16)25-15-20(23)21-13-6-14-24-17-7-4-3-5-8-17/h9-12,17H,2-8,13-15H2,1H3,(H,21,23). The number of carbonyl (C=O) groups is 2. The second-order valence-corrected chi connectivity index (χ2v) is 6.42. The lowest BCUT2D eigenvalue weighted by molar-refractivity contribution is -0.123. The fraction of sp³-hybridized carbons (Fsp3) is 0.600. The van der Waals surface area contributed by atoms with Crippen molar-refractivity contribution in [3.8, 4) is 5.75 Å². The van der Waals surface area contributed by atoms with Crippen molar-refractivity contribution in [1.82, 2.24) is 5.32 Å². The molecule has 0 bridgehead atoms. The van der Waals surface area contributed by atoms with Crippen molar-refractivity contribution in [3.63, 3.8) is 0 Å². The Morgan fingerprint density at radius 1 is 1.12 bits per heavy atom. The molecule has 0 aromatic heterocycles. The maximum atomic E-state index is 11.8. The van der Waals surface area contributed by atoms with E-state index in [0.29, 0.717) is 37.0 Å². The first kappa shape index (κ1) is 19.4. The van der Waals surface area contributed by atoms with Gasteiger partial charge in [-0.2, -0.15) is 0 Å². The zero-order valence-corrected chi connectivity index (χ0v) is 15.1. The number of Topliss-reactive ketones (excluding diaryl/α,β-unsaturated/α-hetero) is 1. The van der Waals surface area contributed by atoms with Crippen molar-refractivity contribution < 1.29 is 19.1 Å². The quantitative estimate of drug-likeness (QED) is 0.519. The molecule has 1 aliphatic rings. The van der Waals surface area contributed by atoms with Crippen LogP contribution in [0, 0.1) is 0 Å². The number of rotatable bonds is 10. The molecule has 0 unspecified atom stereocenters. The molecule has 5 heteroatoms. The summed E-state index contributed by atoms with van der Waals surface area (Å²) in [5, 5.41) is 2.83. The molecule has 1 aromatic carbocycles. The fourth-order valence-corrected chi connectivity index (χ4v) is 2.92. The number of ether oxygens (including phenoxy) is 2. The fourth-order valence-electron chi connectivity index (χ4n) is 2.92. The zero-order chi connectivity index (χ0) is 17.9. The molecule has 25 heavy (non-hydrogen) atoms. The first-order valence-electron chi connectivity index (χ1n) is 9.33. The first-order chi connectivity index (χ1) is 12.2. The number of hydrogen-bond acceptors (Lipinski definition) is 4. The van der Waals surface area contributed by atoms with E-state index in [-0.39, 0.29) is 18.3 Å². The van der Waals surface area contributed by atoms with Crippen molar-refractivity contribution in [2.45, 2.75) is 58.0 Å². The Morgan fingerprint density at radius 2 is 1.84 bits per heavy atom. The first-order valence-corrected chi connectivity index (χ1v) is 9.33. The molecule has 0 radical (unpaired) electrons. The summed E-state index contributed by atoms with van der Waals surface area (Å²) in [6.07, 6.45) is 7.91. The predicted molar refractivity (Wildman–Crippen MR) is 97.0 cm³/mol. The zero-order valence-electron chi connectivity index (χ0n) is 15.1. The van der Waals surface area contributed by atoms with Gasteiger partial charge in [-0.1, -0.05) is 26.2 Å². The predicted octanol–water partition coefficient (Wildman–Crippen LogP) is 3.51. The van der Waals surface area contributed by atoms with Gasteiger partial charge in [-0.25, -0.2) is 0 Å². The summed E-state index contributed by atoms with van der Waals surface area (Å²) in [6.45, 7) is 3.10. The average molecular weight is 347 g/mol. The molecule has 5 nitrogen and oxygen atoms in total. The van der Waals surface area contributed by atoms with Gasteiger partial charge in [0.2, 0.25) is 0 Å². The van der Waals surface area contributed by atoms with Crippen molar-refractivity contribution in [2.24, 2.45) is 0 Å². The topological polar surface area (TPSA) is 64.6 Å². The monoisotopic (exact) mass is 347 g/mol. The van der Waals surface area contributed by atoms with E-state index in [1.165, 1.54) is 32.1 Å². The Hall–Kier alpha value is -1.88. The molecule has 0 aliphatic heterocycles. The number of ketones is 1. The van der Waals surface area contributed by atoms with Gasteiger partial charge in [0.15, 0.2) is 12.4 Å². The second-order valence-electron chi connectivity index (χ2n) is 6.42. The van der Waals surface area contributed by atoms with E-state index < -0.39 is 0 Å². The minimum Gasteiger partial charge on any atom is -0.484 e. The maximum absolute atomic E-state index is 11.8. The summed E-state index contributed by atoms with van der Waals surface area (Å²) in [5.74, 6) is 0.537. The molecule has 1 fully saturated rings. The average Bonchev–Trinajstić information content (AvgIpc) is 2.66. The van der Waals surface area contributed by atoms with Gasteiger partial charge in [0.05, 0.1) is 6.10 Å². The summed E-state index contributed by atoms with van der Waals surface area (Å²) in [7, 11) is 0. The highest BCUT2D eigenvalue weighted by molar-refractivity contribution is 5.95. The molecule has 0 spiro atoms. The van der Waals surface area contributed by atoms with Gasteiger partial charge >= 0.3 is 0 Å². The normalized spacial score (nSPS) is 14.9. The molecule has 0 atom stereocenters. The molecular weight excluding hydrogens is 318 g/mol. The molecular formula is C20H29NO4. The lowest BCUT2D eigenvalue weighted by Crippen LogP contribution is -2.30. The van der Waals surface area contributed by atoms with Crippen molar-refractivity contribution in [1.29, 1.82) is 0 Å². The van der Waals surface area contributed by atoms with Gasteiger partial charge in [0, 0.05) is 25.1 Å². The number of nitrogens with one attached hydrogen (secondary N) is 1. The van der Waals surface area contributed by atoms with Crippen LogP contribution in [-0.4, -0.2) is 37.6 Å². The van der Waals surface area contributed by atoms with Crippen molar-refractivity contribution in [3.05, 3.63) is 29.8 Å². The lowest BCUT2D eigenvalue weighted by atomic mass is 9.98. The van der Waals surface area contributed by atoms with E-state index in [1.54, 1.807) is 24.3 Å². The van der Waals surface area contributed by atoms with Crippen LogP contribution in [0.5, 0.6) is 5.75 Å². The molecule has 0 saturated heterocycles. The third-order valence-corrected chi connectivity index (χ3v) is 4.42. The SMILES string of the molecule is CCC(=O)c1ccc(OCC(=O)NCCCOC2CCCCC2)cc1. The summed E-state index contributed by atoms with van der Waals surface area (Å²) >= 11 is 0. The van der Waals surface area contributed by atoms with Crippen LogP contribution in [-0.2, 0) is 9.53 Å². The van der Waals surface area contributed by atoms with Crippen LogP contribution in [0.1, 0.15) is 62.2 Å². The van der Waals surface area contributed by atoms with Crippen LogP contribution in [0.2, 0.25) is 0 Å². The Morgan fingerprint density at radius 3 is 2.52 bits per heavy atom.